The second-order valence-corrected chi connectivity index (χ2v) is 5.65. The lowest BCUT2D eigenvalue weighted by atomic mass is 10.2. The van der Waals surface area contributed by atoms with Crippen LogP contribution < -0.4 is 0 Å². The molecule has 0 aliphatic carbocycles. The largest absolute Gasteiger partial charge is 0.127 e. The fourth-order valence-electron chi connectivity index (χ4n) is 1.03. The van der Waals surface area contributed by atoms with E-state index >= 15 is 0 Å². The Balaban J connectivity index is 2.74. The fraction of sp³-hybridized carbons (Fsp3) is 0.556. The number of rotatable bonds is 3. The summed E-state index contributed by atoms with van der Waals surface area (Å²) in [6, 6.07) is 2.17. The first-order valence-electron chi connectivity index (χ1n) is 4.05. The summed E-state index contributed by atoms with van der Waals surface area (Å²) in [4.78, 5) is 1.83. The highest BCUT2D eigenvalue weighted by atomic mass is 79.9. The van der Waals surface area contributed by atoms with Gasteiger partial charge in [-0.1, -0.05) is 40.9 Å². The van der Waals surface area contributed by atoms with Gasteiger partial charge in [-0.2, -0.15) is 0 Å². The Morgan fingerprint density at radius 2 is 2.33 bits per heavy atom. The van der Waals surface area contributed by atoms with Gasteiger partial charge in [0.25, 0.3) is 0 Å². The van der Waals surface area contributed by atoms with E-state index in [-0.39, 0.29) is 0 Å². The number of hydrogen-bond acceptors (Lipinski definition) is 1. The predicted molar refractivity (Wildman–Crippen MR) is 60.6 cm³/mol. The van der Waals surface area contributed by atoms with Crippen molar-refractivity contribution in [3.63, 3.8) is 0 Å². The third kappa shape index (κ3) is 2.48. The smallest absolute Gasteiger partial charge is 0.0960 e. The van der Waals surface area contributed by atoms with Crippen LogP contribution in [0.25, 0.3) is 0 Å². The minimum absolute atomic E-state index is 0.485. The molecule has 0 aliphatic rings. The number of alkyl halides is 1. The molecule has 3 heteroatoms. The number of aryl methyl sites for hydroxylation is 1. The van der Waals surface area contributed by atoms with Crippen LogP contribution in [0.3, 0.4) is 0 Å². The van der Waals surface area contributed by atoms with E-state index in [9.17, 15) is 0 Å². The molecule has 0 aliphatic heterocycles. The molecule has 0 saturated carbocycles. The van der Waals surface area contributed by atoms with Crippen LogP contribution in [0.1, 0.15) is 35.0 Å². The molecule has 0 amide bonds. The highest BCUT2D eigenvalue weighted by Gasteiger charge is 2.10. The summed E-state index contributed by atoms with van der Waals surface area (Å²) in [5.41, 5.74) is 1.19. The van der Waals surface area contributed by atoms with E-state index in [0.717, 1.165) is 4.34 Å². The number of halogens is 2. The minimum atomic E-state index is 0.485. The topological polar surface area (TPSA) is 0 Å². The Hall–Kier alpha value is 0.470. The highest BCUT2D eigenvalue weighted by Crippen LogP contribution is 2.37. The Morgan fingerprint density at radius 3 is 2.75 bits per heavy atom. The zero-order valence-electron chi connectivity index (χ0n) is 7.23. The molecule has 1 aromatic heterocycles. The van der Waals surface area contributed by atoms with Crippen molar-refractivity contribution in [2.75, 3.05) is 0 Å². The number of thiophene rings is 1. The monoisotopic (exact) mass is 266 g/mol. The van der Waals surface area contributed by atoms with Crippen LogP contribution in [-0.4, -0.2) is 0 Å². The van der Waals surface area contributed by atoms with Gasteiger partial charge in [0, 0.05) is 9.70 Å². The van der Waals surface area contributed by atoms with Crippen LogP contribution in [0.2, 0.25) is 4.34 Å². The Morgan fingerprint density at radius 1 is 1.67 bits per heavy atom. The molecule has 12 heavy (non-hydrogen) atoms. The first kappa shape index (κ1) is 10.6. The predicted octanol–water partition coefficient (Wildman–Crippen LogP) is 4.95. The van der Waals surface area contributed by atoms with Gasteiger partial charge in [-0.15, -0.1) is 11.3 Å². The van der Waals surface area contributed by atoms with Crippen LogP contribution in [-0.2, 0) is 0 Å². The molecule has 0 aromatic carbocycles. The number of hydrogen-bond donors (Lipinski definition) is 0. The van der Waals surface area contributed by atoms with Crippen LogP contribution in [0.4, 0.5) is 0 Å². The minimum Gasteiger partial charge on any atom is -0.127 e. The van der Waals surface area contributed by atoms with Gasteiger partial charge >= 0.3 is 0 Å². The summed E-state index contributed by atoms with van der Waals surface area (Å²) in [6.45, 7) is 4.24. The first-order valence-corrected chi connectivity index (χ1v) is 6.16. The van der Waals surface area contributed by atoms with Crippen molar-refractivity contribution in [1.82, 2.24) is 0 Å². The van der Waals surface area contributed by atoms with Crippen molar-refractivity contribution in [1.29, 1.82) is 0 Å². The molecule has 1 heterocycles. The van der Waals surface area contributed by atoms with Gasteiger partial charge in [-0.25, -0.2) is 0 Å². The molecule has 0 nitrogen and oxygen atoms in total. The van der Waals surface area contributed by atoms with Crippen LogP contribution in [0.15, 0.2) is 6.07 Å². The normalized spacial score (nSPS) is 13.3. The van der Waals surface area contributed by atoms with Gasteiger partial charge in [0.2, 0.25) is 0 Å². The lowest BCUT2D eigenvalue weighted by molar-refractivity contribution is 0.797. The SMILES string of the molecule is CCCC(Br)c1cc(C)c(Cl)s1. The zero-order valence-corrected chi connectivity index (χ0v) is 10.4. The quantitative estimate of drug-likeness (QED) is 0.680. The first-order chi connectivity index (χ1) is 5.65. The van der Waals surface area contributed by atoms with Crippen molar-refractivity contribution >= 4 is 38.9 Å². The second kappa shape index (κ2) is 4.64. The maximum Gasteiger partial charge on any atom is 0.0960 e. The lowest BCUT2D eigenvalue weighted by Gasteiger charge is -2.03. The highest BCUT2D eigenvalue weighted by molar-refractivity contribution is 9.09. The second-order valence-electron chi connectivity index (χ2n) is 2.86. The standard InChI is InChI=1S/C9H12BrClS/c1-3-4-7(10)8-5-6(2)9(11)12-8/h5,7H,3-4H2,1-2H3. The van der Waals surface area contributed by atoms with Gasteiger partial charge in [-0.05, 0) is 25.0 Å². The van der Waals surface area contributed by atoms with Crippen molar-refractivity contribution in [3.05, 3.63) is 20.8 Å². The Bertz CT molecular complexity index is 238. The maximum absolute atomic E-state index is 5.97. The van der Waals surface area contributed by atoms with Crippen molar-refractivity contribution < 1.29 is 0 Å². The van der Waals surface area contributed by atoms with Gasteiger partial charge in [-0.3, -0.25) is 0 Å². The summed E-state index contributed by atoms with van der Waals surface area (Å²) < 4.78 is 0.922. The average Bonchev–Trinajstić information content (AvgIpc) is 2.33. The summed E-state index contributed by atoms with van der Waals surface area (Å²) in [5.74, 6) is 0. The van der Waals surface area contributed by atoms with E-state index in [4.69, 9.17) is 11.6 Å². The molecule has 0 bridgehead atoms. The molecule has 0 fully saturated rings. The molecule has 1 atom stereocenters. The lowest BCUT2D eigenvalue weighted by Crippen LogP contribution is -1.83. The molecule has 68 valence electrons. The summed E-state index contributed by atoms with van der Waals surface area (Å²) >= 11 is 11.3. The van der Waals surface area contributed by atoms with Crippen LogP contribution >= 0.6 is 38.9 Å². The van der Waals surface area contributed by atoms with E-state index in [1.165, 1.54) is 23.3 Å². The van der Waals surface area contributed by atoms with Gasteiger partial charge < -0.3 is 0 Å². The Kier molecular flexibility index (Phi) is 4.08. The van der Waals surface area contributed by atoms with Crippen molar-refractivity contribution in [2.24, 2.45) is 0 Å². The van der Waals surface area contributed by atoms with E-state index in [1.807, 2.05) is 6.92 Å². The van der Waals surface area contributed by atoms with E-state index in [2.05, 4.69) is 28.9 Å². The third-order valence-electron chi connectivity index (χ3n) is 1.73. The van der Waals surface area contributed by atoms with Crippen molar-refractivity contribution in [3.8, 4) is 0 Å². The third-order valence-corrected chi connectivity index (χ3v) is 4.65. The average molecular weight is 268 g/mol. The molecule has 1 aromatic rings. The molecule has 0 radical (unpaired) electrons. The summed E-state index contributed by atoms with van der Waals surface area (Å²) in [7, 11) is 0. The van der Waals surface area contributed by atoms with E-state index in [1.54, 1.807) is 11.3 Å². The molecule has 1 rings (SSSR count). The molecule has 0 saturated heterocycles. The summed E-state index contributed by atoms with van der Waals surface area (Å²) in [6.07, 6.45) is 2.38. The molecule has 0 N–H and O–H groups in total. The van der Waals surface area contributed by atoms with Crippen LogP contribution in [0, 0.1) is 6.92 Å². The van der Waals surface area contributed by atoms with Gasteiger partial charge in [0.05, 0.1) is 4.34 Å². The van der Waals surface area contributed by atoms with E-state index in [0.29, 0.717) is 4.83 Å². The molecule has 0 spiro atoms. The summed E-state index contributed by atoms with van der Waals surface area (Å²) in [5, 5.41) is 0. The van der Waals surface area contributed by atoms with E-state index < -0.39 is 0 Å². The van der Waals surface area contributed by atoms with Gasteiger partial charge in [0.1, 0.15) is 0 Å². The molecule has 1 unspecified atom stereocenters. The Labute approximate surface area is 91.1 Å². The maximum atomic E-state index is 5.97. The van der Waals surface area contributed by atoms with Crippen molar-refractivity contribution in [2.45, 2.75) is 31.5 Å². The van der Waals surface area contributed by atoms with Crippen LogP contribution in [0.5, 0.6) is 0 Å². The molecular weight excluding hydrogens is 256 g/mol. The molecular formula is C9H12BrClS. The fourth-order valence-corrected chi connectivity index (χ4v) is 3.13. The van der Waals surface area contributed by atoms with Gasteiger partial charge in [0.15, 0.2) is 0 Å². The zero-order chi connectivity index (χ0) is 9.14.